The van der Waals surface area contributed by atoms with E-state index in [9.17, 15) is 9.59 Å². The second kappa shape index (κ2) is 15.8. The number of carbonyl (C=O) groups is 2. The topological polar surface area (TPSA) is 118 Å². The van der Waals surface area contributed by atoms with Crippen molar-refractivity contribution in [3.63, 3.8) is 0 Å². The smallest absolute Gasteiger partial charge is 0.407 e. The number of nitrogens with zero attached hydrogens (tertiary/aromatic N) is 1. The number of alkyl carbamates (subject to hydrolysis) is 1. The van der Waals surface area contributed by atoms with Crippen LogP contribution in [-0.2, 0) is 29.0 Å². The summed E-state index contributed by atoms with van der Waals surface area (Å²) in [5.41, 5.74) is 12.0. The number of nitrogens with two attached hydrogens (primary N) is 1. The van der Waals surface area contributed by atoms with Crippen molar-refractivity contribution in [1.29, 1.82) is 0 Å². The number of unbranched alkanes of at least 4 members (excludes halogenated alkanes) is 3. The third-order valence-electron chi connectivity index (χ3n) is 7.38. The fraction of sp³-hybridized carbons (Fsp3) is 0.469. The fourth-order valence-corrected chi connectivity index (χ4v) is 5.14. The molecule has 0 spiro atoms. The Morgan fingerprint density at radius 2 is 1.57 bits per heavy atom. The summed E-state index contributed by atoms with van der Waals surface area (Å²) in [6.07, 6.45) is 9.24. The summed E-state index contributed by atoms with van der Waals surface area (Å²) in [4.78, 5) is 29.0. The standard InChI is InChI=1S/C32H43N5O3/c33-27(17-9-12-22-36-32(39)40-23-24-13-3-1-4-14-24)31(38)35-21-11-2-10-20-34-30-25-15-5-7-18-28(25)37-29-19-8-6-16-26(29)30/h1,3-5,7,13-15,18,27H,2,6,8-12,16-17,19-23,33H2,(H,34,37)(H,35,38)(H,36,39)/t27-/m0/s1. The molecule has 0 radical (unpaired) electrons. The average Bonchev–Trinajstić information content (AvgIpc) is 2.99. The van der Waals surface area contributed by atoms with Crippen LogP contribution in [-0.4, -0.2) is 42.7 Å². The van der Waals surface area contributed by atoms with Crippen molar-refractivity contribution in [2.45, 2.75) is 76.9 Å². The third kappa shape index (κ3) is 8.95. The van der Waals surface area contributed by atoms with E-state index in [2.05, 4.69) is 40.2 Å². The number of benzene rings is 2. The maximum Gasteiger partial charge on any atom is 0.407 e. The third-order valence-corrected chi connectivity index (χ3v) is 7.38. The number of aryl methyl sites for hydroxylation is 1. The first-order valence-electron chi connectivity index (χ1n) is 14.7. The van der Waals surface area contributed by atoms with Crippen molar-refractivity contribution >= 4 is 28.6 Å². The first-order valence-corrected chi connectivity index (χ1v) is 14.7. The molecule has 8 heteroatoms. The number of para-hydroxylation sites is 1. The van der Waals surface area contributed by atoms with Crippen LogP contribution < -0.4 is 21.7 Å². The first-order chi connectivity index (χ1) is 19.6. The van der Waals surface area contributed by atoms with Gasteiger partial charge in [-0.15, -0.1) is 0 Å². The summed E-state index contributed by atoms with van der Waals surface area (Å²) in [5.74, 6) is -0.108. The lowest BCUT2D eigenvalue weighted by atomic mass is 9.92. The van der Waals surface area contributed by atoms with E-state index in [-0.39, 0.29) is 12.5 Å². The van der Waals surface area contributed by atoms with Crippen LogP contribution in [0.25, 0.3) is 10.9 Å². The van der Waals surface area contributed by atoms with Gasteiger partial charge in [-0.05, 0) is 81.4 Å². The molecule has 40 heavy (non-hydrogen) atoms. The monoisotopic (exact) mass is 545 g/mol. The van der Waals surface area contributed by atoms with E-state index in [4.69, 9.17) is 15.5 Å². The minimum atomic E-state index is -0.530. The number of amides is 2. The van der Waals surface area contributed by atoms with Gasteiger partial charge in [0, 0.05) is 36.4 Å². The molecule has 4 rings (SSSR count). The van der Waals surface area contributed by atoms with E-state index < -0.39 is 12.1 Å². The molecule has 2 aromatic carbocycles. The zero-order chi connectivity index (χ0) is 28.0. The fourth-order valence-electron chi connectivity index (χ4n) is 5.14. The minimum Gasteiger partial charge on any atom is -0.445 e. The van der Waals surface area contributed by atoms with Gasteiger partial charge in [0.25, 0.3) is 0 Å². The lowest BCUT2D eigenvalue weighted by Gasteiger charge is -2.21. The molecule has 0 bridgehead atoms. The molecular formula is C32H43N5O3. The maximum absolute atomic E-state index is 12.3. The Kier molecular flexibility index (Phi) is 11.6. The second-order valence-electron chi connectivity index (χ2n) is 10.5. The van der Waals surface area contributed by atoms with Crippen molar-refractivity contribution in [1.82, 2.24) is 15.6 Å². The summed E-state index contributed by atoms with van der Waals surface area (Å²) >= 11 is 0. The molecule has 0 unspecified atom stereocenters. The van der Waals surface area contributed by atoms with E-state index >= 15 is 0 Å². The Bertz CT molecular complexity index is 1230. The number of ether oxygens (including phenoxy) is 1. The lowest BCUT2D eigenvalue weighted by molar-refractivity contribution is -0.122. The lowest BCUT2D eigenvalue weighted by Crippen LogP contribution is -2.41. The maximum atomic E-state index is 12.3. The van der Waals surface area contributed by atoms with Crippen molar-refractivity contribution < 1.29 is 14.3 Å². The van der Waals surface area contributed by atoms with Gasteiger partial charge in [-0.3, -0.25) is 9.78 Å². The molecule has 2 amide bonds. The molecule has 1 aromatic heterocycles. The van der Waals surface area contributed by atoms with Gasteiger partial charge in [-0.1, -0.05) is 48.5 Å². The molecule has 5 N–H and O–H groups in total. The zero-order valence-corrected chi connectivity index (χ0v) is 23.4. The van der Waals surface area contributed by atoms with Crippen LogP contribution in [0.3, 0.4) is 0 Å². The van der Waals surface area contributed by atoms with Gasteiger partial charge in [0.05, 0.1) is 11.6 Å². The summed E-state index contributed by atoms with van der Waals surface area (Å²) in [6.45, 7) is 2.28. The van der Waals surface area contributed by atoms with Crippen LogP contribution in [0.1, 0.15) is 68.2 Å². The number of pyridine rings is 1. The van der Waals surface area contributed by atoms with E-state index in [1.54, 1.807) is 0 Å². The molecule has 1 heterocycles. The summed E-state index contributed by atoms with van der Waals surface area (Å²) < 4.78 is 5.19. The van der Waals surface area contributed by atoms with Crippen LogP contribution in [0.5, 0.6) is 0 Å². The molecule has 1 aliphatic rings. The molecule has 1 aliphatic carbocycles. The van der Waals surface area contributed by atoms with Crippen LogP contribution in [0, 0.1) is 0 Å². The molecular weight excluding hydrogens is 502 g/mol. The number of carbonyl (C=O) groups excluding carboxylic acids is 2. The van der Waals surface area contributed by atoms with Gasteiger partial charge in [-0.2, -0.15) is 0 Å². The highest BCUT2D eigenvalue weighted by Gasteiger charge is 2.18. The molecule has 0 saturated carbocycles. The Hall–Kier alpha value is -3.65. The predicted molar refractivity (Wildman–Crippen MR) is 160 cm³/mol. The summed E-state index contributed by atoms with van der Waals surface area (Å²) in [7, 11) is 0. The van der Waals surface area contributed by atoms with Crippen LogP contribution in [0.15, 0.2) is 54.6 Å². The van der Waals surface area contributed by atoms with Gasteiger partial charge in [-0.25, -0.2) is 4.79 Å². The molecule has 0 fully saturated rings. The molecule has 1 atom stereocenters. The SMILES string of the molecule is N[C@@H](CCCCNC(=O)OCc1ccccc1)C(=O)NCCCCCNc1c2c(nc3ccccc13)CCCC2. The van der Waals surface area contributed by atoms with Crippen LogP contribution >= 0.6 is 0 Å². The van der Waals surface area contributed by atoms with E-state index in [1.165, 1.54) is 35.2 Å². The Morgan fingerprint density at radius 1 is 0.850 bits per heavy atom. The summed E-state index contributed by atoms with van der Waals surface area (Å²) in [6, 6.07) is 17.4. The first kappa shape index (κ1) is 29.3. The molecule has 3 aromatic rings. The van der Waals surface area contributed by atoms with Crippen LogP contribution in [0.4, 0.5) is 10.5 Å². The van der Waals surface area contributed by atoms with E-state index in [0.717, 1.165) is 62.6 Å². The molecule has 0 saturated heterocycles. The van der Waals surface area contributed by atoms with Crippen LogP contribution in [0.2, 0.25) is 0 Å². The highest BCUT2D eigenvalue weighted by atomic mass is 16.5. The van der Waals surface area contributed by atoms with Crippen molar-refractivity contribution in [2.75, 3.05) is 25.0 Å². The Labute approximate surface area is 237 Å². The van der Waals surface area contributed by atoms with E-state index in [0.29, 0.717) is 19.5 Å². The number of hydrogen-bond donors (Lipinski definition) is 4. The van der Waals surface area contributed by atoms with Gasteiger partial charge >= 0.3 is 6.09 Å². The number of rotatable bonds is 15. The molecule has 214 valence electrons. The highest BCUT2D eigenvalue weighted by Crippen LogP contribution is 2.33. The van der Waals surface area contributed by atoms with Crippen molar-refractivity contribution in [3.05, 3.63) is 71.4 Å². The number of hydrogen-bond acceptors (Lipinski definition) is 6. The minimum absolute atomic E-state index is 0.108. The van der Waals surface area contributed by atoms with Crippen molar-refractivity contribution in [2.24, 2.45) is 5.73 Å². The normalized spacial score (nSPS) is 13.3. The number of anilines is 1. The van der Waals surface area contributed by atoms with Crippen molar-refractivity contribution in [3.8, 4) is 0 Å². The largest absolute Gasteiger partial charge is 0.445 e. The Morgan fingerprint density at radius 3 is 2.45 bits per heavy atom. The highest BCUT2D eigenvalue weighted by molar-refractivity contribution is 5.93. The quantitative estimate of drug-likeness (QED) is 0.194. The number of nitrogens with one attached hydrogen (secondary N) is 3. The van der Waals surface area contributed by atoms with Gasteiger partial charge < -0.3 is 26.4 Å². The average molecular weight is 546 g/mol. The molecule has 0 aliphatic heterocycles. The van der Waals surface area contributed by atoms with Gasteiger partial charge in [0.1, 0.15) is 6.61 Å². The van der Waals surface area contributed by atoms with Gasteiger partial charge in [0.2, 0.25) is 5.91 Å². The second-order valence-corrected chi connectivity index (χ2v) is 10.5. The Balaban J connectivity index is 1.04. The zero-order valence-electron chi connectivity index (χ0n) is 23.4. The molecule has 8 nitrogen and oxygen atoms in total. The predicted octanol–water partition coefficient (Wildman–Crippen LogP) is 5.24. The number of aromatic nitrogens is 1. The summed E-state index contributed by atoms with van der Waals surface area (Å²) in [5, 5.41) is 10.6. The van der Waals surface area contributed by atoms with E-state index in [1.807, 2.05) is 30.3 Å². The van der Waals surface area contributed by atoms with Gasteiger partial charge in [0.15, 0.2) is 0 Å². The number of fused-ring (bicyclic) bond motifs is 2.